The molecule has 14 heavy (non-hydrogen) atoms. The highest BCUT2D eigenvalue weighted by molar-refractivity contribution is 6.30. The van der Waals surface area contributed by atoms with Crippen LogP contribution in [0.4, 0.5) is 11.4 Å². The van der Waals surface area contributed by atoms with E-state index in [1.807, 2.05) is 6.07 Å². The zero-order valence-corrected chi connectivity index (χ0v) is 7.78. The summed E-state index contributed by atoms with van der Waals surface area (Å²) in [5.74, 6) is 0. The average molecular weight is 212 g/mol. The maximum absolute atomic E-state index is 10.6. The molecule has 0 amide bonds. The van der Waals surface area contributed by atoms with Gasteiger partial charge in [-0.05, 0) is 12.1 Å². The number of nitro groups is 1. The minimum Gasteiger partial charge on any atom is -0.367 e. The lowest BCUT2D eigenvalue weighted by Gasteiger charge is -2.02. The molecule has 0 radical (unpaired) electrons. The smallest absolute Gasteiger partial charge is 0.293 e. The number of nitriles is 1. The molecular formula is C8H6ClN3O2. The van der Waals surface area contributed by atoms with Crippen LogP contribution in [0.2, 0.25) is 5.02 Å². The Labute approximate surface area is 85.1 Å². The van der Waals surface area contributed by atoms with Crippen molar-refractivity contribution in [2.24, 2.45) is 0 Å². The van der Waals surface area contributed by atoms with Gasteiger partial charge in [0.1, 0.15) is 12.2 Å². The van der Waals surface area contributed by atoms with Crippen molar-refractivity contribution in [3.63, 3.8) is 0 Å². The summed E-state index contributed by atoms with van der Waals surface area (Å²) in [4.78, 5) is 10.0. The third-order valence-corrected chi connectivity index (χ3v) is 1.75. The van der Waals surface area contributed by atoms with Crippen LogP contribution in [0.3, 0.4) is 0 Å². The normalized spacial score (nSPS) is 9.14. The molecule has 0 spiro atoms. The van der Waals surface area contributed by atoms with Gasteiger partial charge in [0.15, 0.2) is 0 Å². The first-order valence-corrected chi connectivity index (χ1v) is 4.07. The van der Waals surface area contributed by atoms with Gasteiger partial charge in [0, 0.05) is 11.1 Å². The van der Waals surface area contributed by atoms with Gasteiger partial charge in [0.25, 0.3) is 5.69 Å². The molecule has 0 atom stereocenters. The van der Waals surface area contributed by atoms with Crippen LogP contribution < -0.4 is 5.32 Å². The van der Waals surface area contributed by atoms with Crippen molar-refractivity contribution in [2.75, 3.05) is 11.9 Å². The molecule has 0 aliphatic rings. The predicted octanol–water partition coefficient (Wildman–Crippen LogP) is 2.18. The highest BCUT2D eigenvalue weighted by atomic mass is 35.5. The lowest BCUT2D eigenvalue weighted by atomic mass is 10.2. The lowest BCUT2D eigenvalue weighted by Crippen LogP contribution is -2.01. The van der Waals surface area contributed by atoms with Gasteiger partial charge in [-0.25, -0.2) is 0 Å². The number of anilines is 1. The van der Waals surface area contributed by atoms with Gasteiger partial charge in [-0.1, -0.05) is 11.6 Å². The summed E-state index contributed by atoms with van der Waals surface area (Å²) in [6.07, 6.45) is 0. The predicted molar refractivity (Wildman–Crippen MR) is 52.2 cm³/mol. The van der Waals surface area contributed by atoms with Gasteiger partial charge < -0.3 is 5.32 Å². The highest BCUT2D eigenvalue weighted by Gasteiger charge is 2.13. The van der Waals surface area contributed by atoms with Gasteiger partial charge in [-0.3, -0.25) is 10.1 Å². The van der Waals surface area contributed by atoms with Crippen LogP contribution in [0, 0.1) is 21.4 Å². The Balaban J connectivity index is 3.03. The second kappa shape index (κ2) is 4.44. The Hall–Kier alpha value is -1.80. The fraction of sp³-hybridized carbons (Fsp3) is 0.125. The van der Waals surface area contributed by atoms with Crippen molar-refractivity contribution >= 4 is 23.0 Å². The number of rotatable bonds is 3. The molecule has 0 aliphatic heterocycles. The quantitative estimate of drug-likeness (QED) is 0.472. The second-order valence-electron chi connectivity index (χ2n) is 2.43. The van der Waals surface area contributed by atoms with Gasteiger partial charge in [0.2, 0.25) is 0 Å². The van der Waals surface area contributed by atoms with E-state index in [0.717, 1.165) is 0 Å². The Morgan fingerprint density at radius 3 is 2.93 bits per heavy atom. The number of halogens is 1. The topological polar surface area (TPSA) is 79.0 Å². The van der Waals surface area contributed by atoms with Crippen LogP contribution >= 0.6 is 11.6 Å². The monoisotopic (exact) mass is 211 g/mol. The summed E-state index contributed by atoms with van der Waals surface area (Å²) >= 11 is 5.60. The molecule has 0 fully saturated rings. The summed E-state index contributed by atoms with van der Waals surface area (Å²) in [6, 6.07) is 6.06. The van der Waals surface area contributed by atoms with Gasteiger partial charge in [-0.15, -0.1) is 0 Å². The number of hydrogen-bond acceptors (Lipinski definition) is 4. The molecule has 1 aromatic rings. The summed E-state index contributed by atoms with van der Waals surface area (Å²) in [5.41, 5.74) is 0.161. The van der Waals surface area contributed by atoms with E-state index >= 15 is 0 Å². The molecule has 5 nitrogen and oxygen atoms in total. The van der Waals surface area contributed by atoms with Crippen LogP contribution in [0.1, 0.15) is 0 Å². The highest BCUT2D eigenvalue weighted by Crippen LogP contribution is 2.27. The van der Waals surface area contributed by atoms with Crippen LogP contribution in [0.15, 0.2) is 18.2 Å². The summed E-state index contributed by atoms with van der Waals surface area (Å²) in [6.45, 7) is 0.0163. The van der Waals surface area contributed by atoms with E-state index in [9.17, 15) is 10.1 Å². The maximum Gasteiger partial charge on any atom is 0.293 e. The SMILES string of the molecule is N#CCNc1ccc(Cl)cc1[N+](=O)[O-]. The molecule has 1 aromatic carbocycles. The van der Waals surface area contributed by atoms with Crippen LogP contribution in [0.25, 0.3) is 0 Å². The Bertz CT molecular complexity index is 400. The molecule has 0 aliphatic carbocycles. The molecule has 0 bridgehead atoms. The number of benzene rings is 1. The first-order valence-electron chi connectivity index (χ1n) is 3.70. The number of nitrogens with one attached hydrogen (secondary N) is 1. The Morgan fingerprint density at radius 1 is 1.64 bits per heavy atom. The lowest BCUT2D eigenvalue weighted by molar-refractivity contribution is -0.383. The van der Waals surface area contributed by atoms with Crippen molar-refractivity contribution in [3.8, 4) is 6.07 Å². The number of nitrogens with zero attached hydrogens (tertiary/aromatic N) is 2. The summed E-state index contributed by atoms with van der Waals surface area (Å²) in [7, 11) is 0. The van der Waals surface area contributed by atoms with E-state index < -0.39 is 4.92 Å². The van der Waals surface area contributed by atoms with E-state index in [2.05, 4.69) is 5.32 Å². The minimum absolute atomic E-state index is 0.0163. The zero-order chi connectivity index (χ0) is 10.6. The van der Waals surface area contributed by atoms with Crippen molar-refractivity contribution in [3.05, 3.63) is 33.3 Å². The maximum atomic E-state index is 10.6. The number of nitro benzene ring substituents is 1. The molecule has 0 unspecified atom stereocenters. The van der Waals surface area contributed by atoms with Gasteiger partial charge in [0.05, 0.1) is 11.0 Å². The first kappa shape index (κ1) is 10.3. The molecule has 1 rings (SSSR count). The third-order valence-electron chi connectivity index (χ3n) is 1.51. The molecule has 1 N–H and O–H groups in total. The third kappa shape index (κ3) is 2.34. The van der Waals surface area contributed by atoms with E-state index in [0.29, 0.717) is 10.7 Å². The first-order chi connectivity index (χ1) is 6.65. The van der Waals surface area contributed by atoms with E-state index in [-0.39, 0.29) is 12.2 Å². The van der Waals surface area contributed by atoms with Gasteiger partial charge >= 0.3 is 0 Å². The van der Waals surface area contributed by atoms with E-state index in [1.54, 1.807) is 0 Å². The largest absolute Gasteiger partial charge is 0.367 e. The Kier molecular flexibility index (Phi) is 3.26. The van der Waals surface area contributed by atoms with Crippen LogP contribution in [-0.4, -0.2) is 11.5 Å². The molecule has 0 heterocycles. The molecule has 6 heteroatoms. The molecular weight excluding hydrogens is 206 g/mol. The zero-order valence-electron chi connectivity index (χ0n) is 7.03. The second-order valence-corrected chi connectivity index (χ2v) is 2.87. The molecule has 72 valence electrons. The van der Waals surface area contributed by atoms with Crippen molar-refractivity contribution < 1.29 is 4.92 Å². The van der Waals surface area contributed by atoms with Crippen molar-refractivity contribution in [2.45, 2.75) is 0 Å². The van der Waals surface area contributed by atoms with E-state index in [1.165, 1.54) is 18.2 Å². The molecule has 0 aromatic heterocycles. The number of hydrogen-bond donors (Lipinski definition) is 1. The average Bonchev–Trinajstić information content (AvgIpc) is 2.15. The molecule has 0 saturated carbocycles. The van der Waals surface area contributed by atoms with Crippen LogP contribution in [-0.2, 0) is 0 Å². The standard InChI is InChI=1S/C8H6ClN3O2/c9-6-1-2-7(11-4-3-10)8(5-6)12(13)14/h1-2,5,11H,4H2. The molecule has 0 saturated heterocycles. The van der Waals surface area contributed by atoms with Crippen molar-refractivity contribution in [1.82, 2.24) is 0 Å². The summed E-state index contributed by atoms with van der Waals surface area (Å²) in [5, 5.41) is 21.8. The summed E-state index contributed by atoms with van der Waals surface area (Å²) < 4.78 is 0. The van der Waals surface area contributed by atoms with Gasteiger partial charge in [-0.2, -0.15) is 5.26 Å². The minimum atomic E-state index is -0.550. The van der Waals surface area contributed by atoms with Crippen LogP contribution in [0.5, 0.6) is 0 Å². The fourth-order valence-corrected chi connectivity index (χ4v) is 1.11. The fourth-order valence-electron chi connectivity index (χ4n) is 0.940. The van der Waals surface area contributed by atoms with E-state index in [4.69, 9.17) is 16.9 Å². The Morgan fingerprint density at radius 2 is 2.36 bits per heavy atom. The van der Waals surface area contributed by atoms with Crippen molar-refractivity contribution in [1.29, 1.82) is 5.26 Å².